The Morgan fingerprint density at radius 1 is 0.712 bits per heavy atom. The minimum atomic E-state index is -1.21. The molecule has 2 aromatic carbocycles. The number of methoxy groups -OCH3 is 1. The molecule has 2 aliphatic carbocycles. The lowest BCUT2D eigenvalue weighted by Gasteiger charge is -2.31. The van der Waals surface area contributed by atoms with Crippen LogP contribution >= 0.6 is 0 Å². The van der Waals surface area contributed by atoms with Gasteiger partial charge in [0.1, 0.15) is 23.7 Å². The van der Waals surface area contributed by atoms with Gasteiger partial charge in [0.2, 0.25) is 11.8 Å². The van der Waals surface area contributed by atoms with Crippen LogP contribution in [0.1, 0.15) is 77.1 Å². The predicted octanol–water partition coefficient (Wildman–Crippen LogP) is 6.68. The van der Waals surface area contributed by atoms with E-state index in [0.717, 1.165) is 76.2 Å². The van der Waals surface area contributed by atoms with E-state index in [-0.39, 0.29) is 47.8 Å². The van der Waals surface area contributed by atoms with Gasteiger partial charge in [-0.05, 0) is 84.2 Å². The molecule has 59 heavy (non-hydrogen) atoms. The number of hydrogen-bond donors (Lipinski definition) is 5. The van der Waals surface area contributed by atoms with Crippen LogP contribution in [0.5, 0.6) is 0 Å². The third-order valence-corrected chi connectivity index (χ3v) is 12.6. The number of amides is 4. The average molecular weight is 800 g/mol. The zero-order valence-corrected chi connectivity index (χ0v) is 33.7. The van der Waals surface area contributed by atoms with Crippen LogP contribution in [0.15, 0.2) is 67.0 Å². The number of nitrogens with zero attached hydrogens (tertiary/aromatic N) is 5. The van der Waals surface area contributed by atoms with Crippen molar-refractivity contribution in [3.63, 3.8) is 0 Å². The Balaban J connectivity index is 0.883. The third kappa shape index (κ3) is 7.16. The van der Waals surface area contributed by atoms with Gasteiger partial charge in [-0.25, -0.2) is 24.5 Å². The highest BCUT2D eigenvalue weighted by molar-refractivity contribution is 5.89. The third-order valence-electron chi connectivity index (χ3n) is 12.6. The second kappa shape index (κ2) is 14.8. The number of likely N-dealkylation sites (tertiary alicyclic amines) is 2. The average Bonchev–Trinajstić information content (AvgIpc) is 3.81. The largest absolute Gasteiger partial charge is 0.465 e. The molecule has 2 saturated heterocycles. The lowest BCUT2D eigenvalue weighted by atomic mass is 10.0. The molecule has 306 valence electrons. The van der Waals surface area contributed by atoms with Crippen molar-refractivity contribution in [1.29, 1.82) is 0 Å². The number of piperidine rings is 2. The van der Waals surface area contributed by atoms with Crippen molar-refractivity contribution in [3.05, 3.63) is 78.6 Å². The van der Waals surface area contributed by atoms with Crippen molar-refractivity contribution < 1.29 is 29.0 Å². The molecule has 0 bridgehead atoms. The first-order valence-corrected chi connectivity index (χ1v) is 20.5. The van der Waals surface area contributed by atoms with E-state index in [0.29, 0.717) is 17.7 Å². The smallest absolute Gasteiger partial charge is 0.407 e. The Kier molecular flexibility index (Phi) is 9.63. The Bertz CT molecular complexity index is 2440. The summed E-state index contributed by atoms with van der Waals surface area (Å²) < 4.78 is 4.80. The summed E-state index contributed by atoms with van der Waals surface area (Å²) in [6, 6.07) is 16.8. The number of H-pyrrole nitrogens is 2. The minimum absolute atomic E-state index is 0.103. The van der Waals surface area contributed by atoms with Crippen molar-refractivity contribution in [2.24, 2.45) is 23.7 Å². The SMILES string of the molecule is COC(=O)N[C@H](C(=O)N1[C@@H]2C[C@H]2C[C@H]1c1ncc(-c2ccc(-c3ccc4nc(-c5cnc([C@@H]6C[C@H]7C[C@H]7N6C(=O)[C@@H](NC(=O)O)C(C)C)[nH]5)ccc4c3)cc2)[nH]1)C(C)C. The van der Waals surface area contributed by atoms with Crippen molar-refractivity contribution in [1.82, 2.24) is 45.4 Å². The number of nitrogens with one attached hydrogen (secondary N) is 4. The van der Waals surface area contributed by atoms with E-state index in [1.165, 1.54) is 7.11 Å². The molecule has 4 aliphatic rings. The molecule has 2 aliphatic heterocycles. The molecular weight excluding hydrogens is 751 g/mol. The number of imidazole rings is 2. The van der Waals surface area contributed by atoms with Crippen LogP contribution in [0.2, 0.25) is 0 Å². The number of aromatic nitrogens is 5. The lowest BCUT2D eigenvalue weighted by Crippen LogP contribution is -2.52. The Labute approximate surface area is 341 Å². The van der Waals surface area contributed by atoms with Crippen LogP contribution in [0.25, 0.3) is 44.7 Å². The number of fused-ring (bicyclic) bond motifs is 3. The quantitative estimate of drug-likeness (QED) is 0.0968. The maximum Gasteiger partial charge on any atom is 0.407 e. The molecule has 15 nitrogen and oxygen atoms in total. The van der Waals surface area contributed by atoms with E-state index in [4.69, 9.17) is 14.7 Å². The maximum atomic E-state index is 13.8. The molecule has 3 aromatic heterocycles. The summed E-state index contributed by atoms with van der Waals surface area (Å²) in [6.45, 7) is 7.52. The molecule has 8 atom stereocenters. The van der Waals surface area contributed by atoms with Crippen LogP contribution in [0.4, 0.5) is 9.59 Å². The summed E-state index contributed by atoms with van der Waals surface area (Å²) in [5.41, 5.74) is 6.26. The van der Waals surface area contributed by atoms with Gasteiger partial charge in [0.05, 0.1) is 54.2 Å². The second-order valence-electron chi connectivity index (χ2n) is 17.2. The molecule has 0 spiro atoms. The van der Waals surface area contributed by atoms with E-state index in [2.05, 4.69) is 62.0 Å². The van der Waals surface area contributed by atoms with Crippen LogP contribution in [-0.2, 0) is 14.3 Å². The van der Waals surface area contributed by atoms with Gasteiger partial charge in [-0.2, -0.15) is 0 Å². The maximum absolute atomic E-state index is 13.8. The number of alkyl carbamates (subject to hydrolysis) is 1. The predicted molar refractivity (Wildman–Crippen MR) is 218 cm³/mol. The molecular formula is C44H49N9O6. The Morgan fingerprint density at radius 3 is 1.83 bits per heavy atom. The first-order valence-electron chi connectivity index (χ1n) is 20.5. The van der Waals surface area contributed by atoms with Gasteiger partial charge in [-0.15, -0.1) is 0 Å². The highest BCUT2D eigenvalue weighted by Gasteiger charge is 2.57. The van der Waals surface area contributed by atoms with E-state index in [9.17, 15) is 24.3 Å². The van der Waals surface area contributed by atoms with Gasteiger partial charge < -0.3 is 40.2 Å². The number of carbonyl (C=O) groups is 4. The van der Waals surface area contributed by atoms with Crippen molar-refractivity contribution in [2.45, 2.75) is 89.6 Å². The first kappa shape index (κ1) is 38.3. The molecule has 5 N–H and O–H groups in total. The van der Waals surface area contributed by atoms with E-state index >= 15 is 0 Å². The number of carboxylic acid groups (broad SMARTS) is 1. The molecule has 0 radical (unpaired) electrons. The van der Waals surface area contributed by atoms with Crippen LogP contribution in [0, 0.1) is 23.7 Å². The van der Waals surface area contributed by atoms with Gasteiger partial charge in [0.15, 0.2) is 0 Å². The summed E-state index contributed by atoms with van der Waals surface area (Å²) in [7, 11) is 1.30. The summed E-state index contributed by atoms with van der Waals surface area (Å²) in [6.07, 6.45) is 5.28. The fourth-order valence-electron chi connectivity index (χ4n) is 9.29. The number of aromatic amines is 2. The monoisotopic (exact) mass is 799 g/mol. The highest BCUT2D eigenvalue weighted by atomic mass is 16.5. The molecule has 2 saturated carbocycles. The van der Waals surface area contributed by atoms with Gasteiger partial charge >= 0.3 is 12.2 Å². The first-order chi connectivity index (χ1) is 28.4. The molecule has 15 heteroatoms. The fraction of sp³-hybridized carbons (Fsp3) is 0.432. The number of rotatable bonds is 11. The minimum Gasteiger partial charge on any atom is -0.465 e. The number of ether oxygens (including phenoxy) is 1. The van der Waals surface area contributed by atoms with Crippen molar-refractivity contribution in [3.8, 4) is 33.8 Å². The number of pyridine rings is 1. The van der Waals surface area contributed by atoms with E-state index in [1.807, 2.05) is 61.9 Å². The van der Waals surface area contributed by atoms with E-state index in [1.54, 1.807) is 6.20 Å². The van der Waals surface area contributed by atoms with Gasteiger partial charge in [0, 0.05) is 17.5 Å². The fourth-order valence-corrected chi connectivity index (χ4v) is 9.29. The van der Waals surface area contributed by atoms with Crippen molar-refractivity contribution in [2.75, 3.05) is 7.11 Å². The number of hydrogen-bond acceptors (Lipinski definition) is 8. The van der Waals surface area contributed by atoms with Crippen LogP contribution in [-0.4, -0.2) is 95.1 Å². The van der Waals surface area contributed by atoms with Crippen LogP contribution in [0.3, 0.4) is 0 Å². The molecule has 5 heterocycles. The van der Waals surface area contributed by atoms with Crippen molar-refractivity contribution >= 4 is 34.9 Å². The lowest BCUT2D eigenvalue weighted by molar-refractivity contribution is -0.137. The Morgan fingerprint density at radius 2 is 1.25 bits per heavy atom. The standard InChI is InChI=1S/C44H49N9O6/c1-21(2)37(50-43(56)57)41(54)52-33-15-28(33)18-36(52)40-46-20-32(49-40)30-13-11-26-14-25(10-12-29(26)47-30)23-6-8-24(9-7-23)31-19-45-39(48-31)35-17-27-16-34(27)53(35)42(55)38(22(3)4)51-44(58)59-5/h6-14,19-22,27-28,33-38,50H,15-18H2,1-5H3,(H,45,48)(H,46,49)(H,51,58)(H,56,57)/t27-,28+,33+,34+,35-,36-,37-,38-/m0/s1. The van der Waals surface area contributed by atoms with Gasteiger partial charge in [-0.1, -0.05) is 64.1 Å². The Hall–Kier alpha value is -6.25. The normalized spacial score (nSPS) is 23.8. The molecule has 0 unspecified atom stereocenters. The second-order valence-corrected chi connectivity index (χ2v) is 17.2. The molecule has 4 amide bonds. The molecule has 5 aromatic rings. The highest BCUT2D eigenvalue weighted by Crippen LogP contribution is 2.54. The molecule has 9 rings (SSSR count). The number of benzene rings is 2. The summed E-state index contributed by atoms with van der Waals surface area (Å²) in [4.78, 5) is 76.0. The zero-order chi connectivity index (χ0) is 41.3. The van der Waals surface area contributed by atoms with Gasteiger partial charge in [-0.3, -0.25) is 9.59 Å². The van der Waals surface area contributed by atoms with Crippen LogP contribution < -0.4 is 10.6 Å². The summed E-state index contributed by atoms with van der Waals surface area (Å²) >= 11 is 0. The summed E-state index contributed by atoms with van der Waals surface area (Å²) in [5.74, 6) is 1.67. The number of carbonyl (C=O) groups excluding carboxylic acids is 3. The summed E-state index contributed by atoms with van der Waals surface area (Å²) in [5, 5.41) is 15.5. The van der Waals surface area contributed by atoms with Gasteiger partial charge in [0.25, 0.3) is 0 Å². The zero-order valence-electron chi connectivity index (χ0n) is 33.7. The topological polar surface area (TPSA) is 199 Å². The molecule has 4 fully saturated rings. The van der Waals surface area contributed by atoms with E-state index < -0.39 is 24.3 Å².